The SMILES string of the molecule is Cn1c2ccccc2c2ccc3c4c(sc3c21)C(C)(C)c1ccccc1-4. The highest BCUT2D eigenvalue weighted by Gasteiger charge is 2.38. The predicted octanol–water partition coefficient (Wildman–Crippen LogP) is 6.85. The third kappa shape index (κ3) is 1.53. The molecule has 0 spiro atoms. The molecule has 0 bridgehead atoms. The Morgan fingerprint density at radius 1 is 0.808 bits per heavy atom. The molecular weight excluding hydrogens is 334 g/mol. The van der Waals surface area contributed by atoms with Gasteiger partial charge < -0.3 is 4.57 Å². The summed E-state index contributed by atoms with van der Waals surface area (Å²) in [5.41, 5.74) is 7.08. The second kappa shape index (κ2) is 4.57. The van der Waals surface area contributed by atoms with E-state index in [2.05, 4.69) is 86.1 Å². The Balaban J connectivity index is 1.84. The minimum absolute atomic E-state index is 0.0759. The van der Waals surface area contributed by atoms with Crippen LogP contribution in [0.5, 0.6) is 0 Å². The fourth-order valence-corrected chi connectivity index (χ4v) is 6.40. The molecule has 0 saturated heterocycles. The van der Waals surface area contributed by atoms with Gasteiger partial charge in [0.15, 0.2) is 0 Å². The zero-order chi connectivity index (χ0) is 17.6. The van der Waals surface area contributed by atoms with Gasteiger partial charge in [-0.05, 0) is 17.2 Å². The molecule has 0 fully saturated rings. The van der Waals surface area contributed by atoms with Crippen molar-refractivity contribution in [3.8, 4) is 11.1 Å². The molecule has 5 aromatic rings. The highest BCUT2D eigenvalue weighted by molar-refractivity contribution is 7.21. The summed E-state index contributed by atoms with van der Waals surface area (Å²) in [6, 6.07) is 22.3. The third-order valence-corrected chi connectivity index (χ3v) is 7.70. The highest BCUT2D eigenvalue weighted by Crippen LogP contribution is 2.56. The maximum atomic E-state index is 2.37. The van der Waals surface area contributed by atoms with Crippen LogP contribution in [-0.2, 0) is 12.5 Å². The average Bonchev–Trinajstić information content (AvgIpc) is 3.25. The van der Waals surface area contributed by atoms with Crippen molar-refractivity contribution >= 4 is 43.2 Å². The van der Waals surface area contributed by atoms with Gasteiger partial charge in [-0.3, -0.25) is 0 Å². The Morgan fingerprint density at radius 3 is 2.42 bits per heavy atom. The van der Waals surface area contributed by atoms with Crippen LogP contribution in [0, 0.1) is 0 Å². The first-order valence-electron chi connectivity index (χ1n) is 9.12. The molecule has 1 nitrogen and oxygen atoms in total. The third-order valence-electron chi connectivity index (χ3n) is 6.16. The number of benzene rings is 3. The van der Waals surface area contributed by atoms with Crippen LogP contribution in [0.4, 0.5) is 0 Å². The van der Waals surface area contributed by atoms with E-state index in [1.165, 1.54) is 53.5 Å². The summed E-state index contributed by atoms with van der Waals surface area (Å²) in [5.74, 6) is 0. The summed E-state index contributed by atoms with van der Waals surface area (Å²) in [7, 11) is 2.20. The first kappa shape index (κ1) is 14.6. The van der Waals surface area contributed by atoms with Gasteiger partial charge in [0.25, 0.3) is 0 Å². The van der Waals surface area contributed by atoms with Crippen LogP contribution in [0.25, 0.3) is 43.0 Å². The number of thiophene rings is 1. The molecule has 1 aliphatic carbocycles. The number of rotatable bonds is 0. The number of fused-ring (bicyclic) bond motifs is 9. The zero-order valence-electron chi connectivity index (χ0n) is 15.1. The minimum Gasteiger partial charge on any atom is -0.342 e. The summed E-state index contributed by atoms with van der Waals surface area (Å²) in [6.07, 6.45) is 0. The van der Waals surface area contributed by atoms with Gasteiger partial charge in [-0.1, -0.05) is 68.4 Å². The van der Waals surface area contributed by atoms with Crippen LogP contribution >= 0.6 is 11.3 Å². The molecule has 0 radical (unpaired) electrons. The number of para-hydroxylation sites is 1. The number of aromatic nitrogens is 1. The molecule has 0 aliphatic heterocycles. The van der Waals surface area contributed by atoms with Crippen molar-refractivity contribution in [1.82, 2.24) is 4.57 Å². The molecule has 2 heterocycles. The first-order valence-corrected chi connectivity index (χ1v) is 9.93. The quantitative estimate of drug-likeness (QED) is 0.287. The van der Waals surface area contributed by atoms with Gasteiger partial charge in [0.2, 0.25) is 0 Å². The van der Waals surface area contributed by atoms with E-state index in [1.54, 1.807) is 0 Å². The van der Waals surface area contributed by atoms with Crippen molar-refractivity contribution in [1.29, 1.82) is 0 Å². The average molecular weight is 353 g/mol. The smallest absolute Gasteiger partial charge is 0.0670 e. The van der Waals surface area contributed by atoms with Gasteiger partial charge in [-0.25, -0.2) is 0 Å². The van der Waals surface area contributed by atoms with Crippen LogP contribution in [-0.4, -0.2) is 4.57 Å². The van der Waals surface area contributed by atoms with Crippen molar-refractivity contribution in [3.05, 3.63) is 71.1 Å². The molecule has 126 valence electrons. The Labute approximate surface area is 156 Å². The molecule has 0 amide bonds. The normalized spacial score (nSPS) is 15.0. The molecule has 3 aromatic carbocycles. The van der Waals surface area contributed by atoms with Crippen molar-refractivity contribution in [2.24, 2.45) is 7.05 Å². The number of hydrogen-bond donors (Lipinski definition) is 0. The van der Waals surface area contributed by atoms with E-state index in [0.717, 1.165) is 0 Å². The van der Waals surface area contributed by atoms with E-state index in [-0.39, 0.29) is 5.41 Å². The fourth-order valence-electron chi connectivity index (χ4n) is 4.89. The van der Waals surface area contributed by atoms with E-state index in [9.17, 15) is 0 Å². The number of aryl methyl sites for hydroxylation is 1. The maximum absolute atomic E-state index is 2.37. The van der Waals surface area contributed by atoms with Crippen LogP contribution in [0.1, 0.15) is 24.3 Å². The lowest BCUT2D eigenvalue weighted by Crippen LogP contribution is -2.13. The van der Waals surface area contributed by atoms with Crippen LogP contribution in [0.3, 0.4) is 0 Å². The molecule has 0 atom stereocenters. The van der Waals surface area contributed by atoms with E-state index in [4.69, 9.17) is 0 Å². The lowest BCUT2D eigenvalue weighted by molar-refractivity contribution is 0.674. The van der Waals surface area contributed by atoms with Crippen molar-refractivity contribution in [3.63, 3.8) is 0 Å². The van der Waals surface area contributed by atoms with Crippen LogP contribution in [0.2, 0.25) is 0 Å². The summed E-state index contributed by atoms with van der Waals surface area (Å²) >= 11 is 1.99. The summed E-state index contributed by atoms with van der Waals surface area (Å²) in [6.45, 7) is 4.73. The lowest BCUT2D eigenvalue weighted by Gasteiger charge is -2.19. The second-order valence-electron chi connectivity index (χ2n) is 7.89. The van der Waals surface area contributed by atoms with E-state index in [1.807, 2.05) is 11.3 Å². The summed E-state index contributed by atoms with van der Waals surface area (Å²) in [5, 5.41) is 4.11. The monoisotopic (exact) mass is 353 g/mol. The van der Waals surface area contributed by atoms with Gasteiger partial charge in [-0.2, -0.15) is 0 Å². The molecule has 2 heteroatoms. The molecule has 26 heavy (non-hydrogen) atoms. The molecular formula is C24H19NS. The van der Waals surface area contributed by atoms with Gasteiger partial charge in [-0.15, -0.1) is 11.3 Å². The number of hydrogen-bond acceptors (Lipinski definition) is 1. The molecule has 2 aromatic heterocycles. The van der Waals surface area contributed by atoms with Gasteiger partial charge in [0, 0.05) is 44.6 Å². The molecule has 0 unspecified atom stereocenters. The Bertz CT molecular complexity index is 1360. The molecule has 0 N–H and O–H groups in total. The lowest BCUT2D eigenvalue weighted by atomic mass is 9.87. The number of nitrogens with zero attached hydrogens (tertiary/aromatic N) is 1. The van der Waals surface area contributed by atoms with E-state index >= 15 is 0 Å². The van der Waals surface area contributed by atoms with Gasteiger partial charge in [0.1, 0.15) is 0 Å². The van der Waals surface area contributed by atoms with E-state index < -0.39 is 0 Å². The van der Waals surface area contributed by atoms with Crippen molar-refractivity contribution in [2.75, 3.05) is 0 Å². The largest absolute Gasteiger partial charge is 0.342 e. The summed E-state index contributed by atoms with van der Waals surface area (Å²) < 4.78 is 3.80. The van der Waals surface area contributed by atoms with Crippen molar-refractivity contribution < 1.29 is 0 Å². The molecule has 6 rings (SSSR count). The van der Waals surface area contributed by atoms with E-state index in [0.29, 0.717) is 0 Å². The molecule has 0 saturated carbocycles. The second-order valence-corrected chi connectivity index (χ2v) is 8.91. The maximum Gasteiger partial charge on any atom is 0.0670 e. The standard InChI is InChI=1S/C24H19NS/c1-24(2)18-10-6-4-9-16(18)20-17-13-12-15-14-8-5-7-11-19(14)25(3)21(15)22(17)26-23(20)24/h4-13H,1-3H3. The van der Waals surface area contributed by atoms with Crippen LogP contribution < -0.4 is 0 Å². The molecule has 1 aliphatic rings. The zero-order valence-corrected chi connectivity index (χ0v) is 15.9. The Hall–Kier alpha value is -2.58. The van der Waals surface area contributed by atoms with Crippen LogP contribution in [0.15, 0.2) is 60.7 Å². The minimum atomic E-state index is 0.0759. The Morgan fingerprint density at radius 2 is 1.54 bits per heavy atom. The summed E-state index contributed by atoms with van der Waals surface area (Å²) in [4.78, 5) is 1.51. The first-order chi connectivity index (χ1) is 12.6. The topological polar surface area (TPSA) is 4.93 Å². The Kier molecular flexibility index (Phi) is 2.56. The highest BCUT2D eigenvalue weighted by atomic mass is 32.1. The predicted molar refractivity (Wildman–Crippen MR) is 113 cm³/mol. The van der Waals surface area contributed by atoms with Crippen molar-refractivity contribution in [2.45, 2.75) is 19.3 Å². The van der Waals surface area contributed by atoms with Gasteiger partial charge >= 0.3 is 0 Å². The van der Waals surface area contributed by atoms with Gasteiger partial charge in [0.05, 0.1) is 10.2 Å². The fraction of sp³-hybridized carbons (Fsp3) is 0.167.